The van der Waals surface area contributed by atoms with E-state index in [0.29, 0.717) is 24.7 Å². The summed E-state index contributed by atoms with van der Waals surface area (Å²) in [6.45, 7) is 5.54. The van der Waals surface area contributed by atoms with Crippen LogP contribution >= 0.6 is 12.2 Å². The van der Waals surface area contributed by atoms with Crippen LogP contribution in [0.15, 0.2) is 0 Å². The number of likely N-dealkylation sites (N-methyl/N-ethyl adjacent to an activating group) is 1. The van der Waals surface area contributed by atoms with E-state index in [1.807, 2.05) is 13.8 Å². The molecule has 2 atom stereocenters. The van der Waals surface area contributed by atoms with Gasteiger partial charge in [-0.2, -0.15) is 0 Å². The second-order valence-electron chi connectivity index (χ2n) is 3.79. The molecule has 1 aliphatic heterocycles. The fourth-order valence-electron chi connectivity index (χ4n) is 1.82. The first-order valence-electron chi connectivity index (χ1n) is 5.25. The molecule has 0 spiro atoms. The van der Waals surface area contributed by atoms with Crippen molar-refractivity contribution in [3.63, 3.8) is 0 Å². The molecule has 2 N–H and O–H groups in total. The Hall–Kier alpha value is -0.680. The van der Waals surface area contributed by atoms with Crippen molar-refractivity contribution in [2.75, 3.05) is 19.7 Å². The molecule has 0 saturated carbocycles. The van der Waals surface area contributed by atoms with Crippen LogP contribution < -0.4 is 5.73 Å². The first-order valence-corrected chi connectivity index (χ1v) is 5.65. The number of nitrogens with zero attached hydrogens (tertiary/aromatic N) is 1. The molecule has 86 valence electrons. The summed E-state index contributed by atoms with van der Waals surface area (Å²) in [5, 5.41) is 0. The lowest BCUT2D eigenvalue weighted by molar-refractivity contribution is -0.136. The number of thiocarbonyl (C=S) groups is 1. The van der Waals surface area contributed by atoms with E-state index in [0.717, 1.165) is 6.42 Å². The lowest BCUT2D eigenvalue weighted by Crippen LogP contribution is -2.42. The predicted octanol–water partition coefficient (Wildman–Crippen LogP) is 0.546. The Morgan fingerprint density at radius 3 is 2.73 bits per heavy atom. The minimum Gasteiger partial charge on any atom is -0.392 e. The lowest BCUT2D eigenvalue weighted by Gasteiger charge is -2.24. The summed E-state index contributed by atoms with van der Waals surface area (Å²) in [5.41, 5.74) is 5.45. The van der Waals surface area contributed by atoms with E-state index in [1.54, 1.807) is 4.90 Å². The van der Waals surface area contributed by atoms with Gasteiger partial charge < -0.3 is 15.4 Å². The Morgan fingerprint density at radius 1 is 1.67 bits per heavy atom. The molecule has 1 fully saturated rings. The van der Waals surface area contributed by atoms with E-state index in [2.05, 4.69) is 0 Å². The topological polar surface area (TPSA) is 55.6 Å². The van der Waals surface area contributed by atoms with Crippen LogP contribution in [0.25, 0.3) is 0 Å². The molecule has 2 unspecified atom stereocenters. The highest BCUT2D eigenvalue weighted by Gasteiger charge is 2.33. The zero-order chi connectivity index (χ0) is 11.4. The molecule has 0 aliphatic carbocycles. The van der Waals surface area contributed by atoms with Crippen LogP contribution in [-0.4, -0.2) is 41.6 Å². The van der Waals surface area contributed by atoms with Crippen LogP contribution in [0.3, 0.4) is 0 Å². The monoisotopic (exact) mass is 230 g/mol. The van der Waals surface area contributed by atoms with Crippen LogP contribution in [0.4, 0.5) is 0 Å². The number of ether oxygens (including phenoxy) is 1. The summed E-state index contributed by atoms with van der Waals surface area (Å²) in [6.07, 6.45) is 0.811. The Kier molecular flexibility index (Phi) is 4.47. The summed E-state index contributed by atoms with van der Waals surface area (Å²) in [5.74, 6) is 0.0783. The molecule has 0 bridgehead atoms. The number of hydrogen-bond donors (Lipinski definition) is 1. The molecule has 0 aromatic rings. The molecule has 0 aromatic heterocycles. The smallest absolute Gasteiger partial charge is 0.228 e. The van der Waals surface area contributed by atoms with Gasteiger partial charge in [0.15, 0.2) is 0 Å². The van der Waals surface area contributed by atoms with Crippen molar-refractivity contribution >= 4 is 23.1 Å². The third-order valence-corrected chi connectivity index (χ3v) is 2.86. The van der Waals surface area contributed by atoms with Crippen molar-refractivity contribution in [3.8, 4) is 0 Å². The molecule has 1 amide bonds. The average molecular weight is 230 g/mol. The minimum absolute atomic E-state index is 0.0119. The molecule has 1 aliphatic rings. The first kappa shape index (κ1) is 12.4. The molecular formula is C10H18N2O2S. The fraction of sp³-hybridized carbons (Fsp3) is 0.800. The maximum Gasteiger partial charge on any atom is 0.228 e. The highest BCUT2D eigenvalue weighted by molar-refractivity contribution is 7.80. The van der Waals surface area contributed by atoms with Gasteiger partial charge in [0, 0.05) is 13.2 Å². The van der Waals surface area contributed by atoms with Crippen LogP contribution in [-0.2, 0) is 9.53 Å². The van der Waals surface area contributed by atoms with Gasteiger partial charge in [-0.25, -0.2) is 0 Å². The van der Waals surface area contributed by atoms with Gasteiger partial charge in [-0.15, -0.1) is 0 Å². The molecule has 1 rings (SSSR count). The normalized spacial score (nSPS) is 25.2. The van der Waals surface area contributed by atoms with Gasteiger partial charge >= 0.3 is 0 Å². The van der Waals surface area contributed by atoms with E-state index >= 15 is 0 Å². The third-order valence-electron chi connectivity index (χ3n) is 2.73. The lowest BCUT2D eigenvalue weighted by atomic mass is 10.0. The third kappa shape index (κ3) is 3.14. The van der Waals surface area contributed by atoms with Gasteiger partial charge in [-0.1, -0.05) is 12.2 Å². The largest absolute Gasteiger partial charge is 0.392 e. The molecule has 0 aromatic carbocycles. The molecular weight excluding hydrogens is 212 g/mol. The van der Waals surface area contributed by atoms with E-state index < -0.39 is 0 Å². The quantitative estimate of drug-likeness (QED) is 0.716. The molecule has 15 heavy (non-hydrogen) atoms. The highest BCUT2D eigenvalue weighted by Crippen LogP contribution is 2.22. The number of hydrogen-bond acceptors (Lipinski definition) is 3. The van der Waals surface area contributed by atoms with Crippen LogP contribution in [0.2, 0.25) is 0 Å². The van der Waals surface area contributed by atoms with Gasteiger partial charge in [0.2, 0.25) is 5.91 Å². The van der Waals surface area contributed by atoms with Gasteiger partial charge in [0.1, 0.15) is 0 Å². The summed E-state index contributed by atoms with van der Waals surface area (Å²) in [7, 11) is 0. The van der Waals surface area contributed by atoms with Gasteiger partial charge in [0.05, 0.1) is 23.6 Å². The van der Waals surface area contributed by atoms with E-state index in [1.165, 1.54) is 0 Å². The maximum absolute atomic E-state index is 12.1. The molecule has 4 nitrogen and oxygen atoms in total. The first-order chi connectivity index (χ1) is 7.06. The average Bonchev–Trinajstić information content (AvgIpc) is 2.59. The van der Waals surface area contributed by atoms with E-state index in [9.17, 15) is 4.79 Å². The summed E-state index contributed by atoms with van der Waals surface area (Å²) < 4.78 is 5.37. The number of nitrogens with two attached hydrogens (primary N) is 1. The van der Waals surface area contributed by atoms with Crippen molar-refractivity contribution in [2.24, 2.45) is 11.7 Å². The summed E-state index contributed by atoms with van der Waals surface area (Å²) >= 11 is 4.81. The number of rotatable bonds is 4. The van der Waals surface area contributed by atoms with Crippen LogP contribution in [0, 0.1) is 5.92 Å². The van der Waals surface area contributed by atoms with Crippen molar-refractivity contribution in [1.29, 1.82) is 0 Å². The SMILES string of the molecule is CCN(CC(N)=S)C(=O)C1CCOC1C. The molecule has 1 saturated heterocycles. The predicted molar refractivity (Wildman–Crippen MR) is 62.6 cm³/mol. The summed E-state index contributed by atoms with van der Waals surface area (Å²) in [4.78, 5) is 14.1. The van der Waals surface area contributed by atoms with Crippen LogP contribution in [0.1, 0.15) is 20.3 Å². The van der Waals surface area contributed by atoms with Gasteiger partial charge in [-0.05, 0) is 20.3 Å². The van der Waals surface area contributed by atoms with Crippen molar-refractivity contribution < 1.29 is 9.53 Å². The van der Waals surface area contributed by atoms with Crippen molar-refractivity contribution in [1.82, 2.24) is 4.90 Å². The van der Waals surface area contributed by atoms with Crippen LogP contribution in [0.5, 0.6) is 0 Å². The zero-order valence-corrected chi connectivity index (χ0v) is 10.0. The van der Waals surface area contributed by atoms with Crippen molar-refractivity contribution in [3.05, 3.63) is 0 Å². The Bertz CT molecular complexity index is 258. The second kappa shape index (κ2) is 5.42. The maximum atomic E-state index is 12.1. The Morgan fingerprint density at radius 2 is 2.33 bits per heavy atom. The highest BCUT2D eigenvalue weighted by atomic mass is 32.1. The van der Waals surface area contributed by atoms with Crippen molar-refractivity contribution in [2.45, 2.75) is 26.4 Å². The zero-order valence-electron chi connectivity index (χ0n) is 9.23. The molecule has 0 radical (unpaired) electrons. The minimum atomic E-state index is -0.0284. The number of carbonyl (C=O) groups is 1. The molecule has 1 heterocycles. The Balaban J connectivity index is 2.59. The van der Waals surface area contributed by atoms with E-state index in [4.69, 9.17) is 22.7 Å². The number of carbonyl (C=O) groups excluding carboxylic acids is 1. The number of amides is 1. The van der Waals surface area contributed by atoms with Gasteiger partial charge in [-0.3, -0.25) is 4.79 Å². The Labute approximate surface area is 95.8 Å². The summed E-state index contributed by atoms with van der Waals surface area (Å²) in [6, 6.07) is 0. The molecule has 5 heteroatoms. The fourth-order valence-corrected chi connectivity index (χ4v) is 1.98. The second-order valence-corrected chi connectivity index (χ2v) is 4.31. The van der Waals surface area contributed by atoms with E-state index in [-0.39, 0.29) is 17.9 Å². The standard InChI is InChI=1S/C10H18N2O2S/c1-3-12(6-9(11)15)10(13)8-4-5-14-7(8)2/h7-8H,3-6H2,1-2H3,(H2,11,15). The van der Waals surface area contributed by atoms with Gasteiger partial charge in [0.25, 0.3) is 0 Å².